The number of aromatic nitrogens is 1. The van der Waals surface area contributed by atoms with E-state index in [-0.39, 0.29) is 5.91 Å². The van der Waals surface area contributed by atoms with Gasteiger partial charge in [-0.15, -0.1) is 0 Å². The lowest BCUT2D eigenvalue weighted by atomic mass is 10.2. The van der Waals surface area contributed by atoms with E-state index in [1.165, 1.54) is 20.9 Å². The summed E-state index contributed by atoms with van der Waals surface area (Å²) >= 11 is 5.73. The second-order valence-corrected chi connectivity index (χ2v) is 4.95. The molecule has 1 heterocycles. The molecule has 1 amide bonds. The van der Waals surface area contributed by atoms with E-state index in [0.29, 0.717) is 15.4 Å². The number of carbonyl (C=O) groups excluding carboxylic acids is 1. The first kappa shape index (κ1) is 11.3. The molecule has 0 aliphatic carbocycles. The zero-order valence-corrected chi connectivity index (χ0v) is 10.3. The summed E-state index contributed by atoms with van der Waals surface area (Å²) in [7, 11) is 2.53. The lowest BCUT2D eigenvalue weighted by Crippen LogP contribution is -2.20. The third-order valence-corrected chi connectivity index (χ3v) is 3.88. The topological polar surface area (TPSA) is 54.4 Å². The van der Waals surface area contributed by atoms with Crippen molar-refractivity contribution >= 4 is 38.4 Å². The van der Waals surface area contributed by atoms with Crippen LogP contribution in [0.2, 0.25) is 5.15 Å². The van der Waals surface area contributed by atoms with E-state index in [1.54, 1.807) is 24.3 Å². The molecule has 0 fully saturated rings. The number of hydrogen-bond acceptors (Lipinski definition) is 5. The molecule has 0 saturated heterocycles. The van der Waals surface area contributed by atoms with Crippen molar-refractivity contribution in [2.45, 2.75) is 0 Å². The van der Waals surface area contributed by atoms with Gasteiger partial charge in [-0.25, -0.2) is 5.43 Å². The smallest absolute Gasteiger partial charge is 0.267 e. The Bertz CT molecular complexity index is 549. The molecular formula is C9H6ClN3OS2. The van der Waals surface area contributed by atoms with Crippen molar-refractivity contribution in [3.8, 4) is 0 Å². The average molecular weight is 272 g/mol. The molecule has 2 rings (SSSR count). The number of nitrogens with one attached hydrogen (secondary N) is 1. The van der Waals surface area contributed by atoms with Crippen LogP contribution in [-0.2, 0) is 0 Å². The van der Waals surface area contributed by atoms with Crippen molar-refractivity contribution in [2.24, 2.45) is 5.10 Å². The predicted molar refractivity (Wildman–Crippen MR) is 64.5 cm³/mol. The summed E-state index contributed by atoms with van der Waals surface area (Å²) in [6.45, 7) is 0. The summed E-state index contributed by atoms with van der Waals surface area (Å²) in [5.74, 6) is -0.268. The summed E-state index contributed by atoms with van der Waals surface area (Å²) in [4.78, 5) is 11.6. The Morgan fingerprint density at radius 2 is 2.12 bits per heavy atom. The van der Waals surface area contributed by atoms with Crippen molar-refractivity contribution in [1.29, 1.82) is 0 Å². The Morgan fingerprint density at radius 1 is 1.38 bits per heavy atom. The minimum atomic E-state index is -0.268. The van der Waals surface area contributed by atoms with Gasteiger partial charge in [0, 0.05) is 16.1 Å². The van der Waals surface area contributed by atoms with Gasteiger partial charge >= 0.3 is 0 Å². The first-order valence-corrected chi connectivity index (χ1v) is 6.76. The highest BCUT2D eigenvalue weighted by Crippen LogP contribution is 2.04. The van der Waals surface area contributed by atoms with Crippen LogP contribution in [0.1, 0.15) is 10.4 Å². The van der Waals surface area contributed by atoms with Crippen LogP contribution in [-0.4, -0.2) is 10.3 Å². The van der Waals surface area contributed by atoms with Crippen LogP contribution in [0.3, 0.4) is 0 Å². The number of benzene rings is 1. The van der Waals surface area contributed by atoms with E-state index in [2.05, 4.69) is 14.9 Å². The molecule has 16 heavy (non-hydrogen) atoms. The van der Waals surface area contributed by atoms with Crippen LogP contribution in [0.25, 0.3) is 0 Å². The second kappa shape index (κ2) is 5.20. The Hall–Kier alpha value is -1.24. The molecule has 0 atom stereocenters. The van der Waals surface area contributed by atoms with Crippen LogP contribution < -0.4 is 10.1 Å². The van der Waals surface area contributed by atoms with Gasteiger partial charge in [0.2, 0.25) is 0 Å². The SMILES string of the molecule is O=C(N/N=c1/ssnc1Cl)c1ccccc1. The molecule has 0 bridgehead atoms. The van der Waals surface area contributed by atoms with Gasteiger partial charge in [-0.2, -0.15) is 9.47 Å². The summed E-state index contributed by atoms with van der Waals surface area (Å²) in [6, 6.07) is 8.84. The zero-order valence-electron chi connectivity index (χ0n) is 7.88. The van der Waals surface area contributed by atoms with Crippen LogP contribution in [0.4, 0.5) is 0 Å². The largest absolute Gasteiger partial charge is 0.271 e. The summed E-state index contributed by atoms with van der Waals surface area (Å²) < 4.78 is 4.36. The molecule has 2 aromatic rings. The fourth-order valence-corrected chi connectivity index (χ4v) is 2.91. The maximum absolute atomic E-state index is 11.6. The number of halogens is 1. The second-order valence-electron chi connectivity index (χ2n) is 2.76. The molecule has 0 radical (unpaired) electrons. The lowest BCUT2D eigenvalue weighted by Gasteiger charge is -1.97. The van der Waals surface area contributed by atoms with E-state index in [9.17, 15) is 4.79 Å². The van der Waals surface area contributed by atoms with Crippen LogP contribution >= 0.6 is 32.5 Å². The highest BCUT2D eigenvalue weighted by molar-refractivity contribution is 7.66. The molecule has 82 valence electrons. The van der Waals surface area contributed by atoms with Gasteiger partial charge in [0.05, 0.1) is 0 Å². The summed E-state index contributed by atoms with van der Waals surface area (Å²) in [6.07, 6.45) is 0. The van der Waals surface area contributed by atoms with Gasteiger partial charge in [-0.3, -0.25) is 4.79 Å². The van der Waals surface area contributed by atoms with E-state index in [0.717, 1.165) is 0 Å². The molecule has 1 aromatic carbocycles. The van der Waals surface area contributed by atoms with E-state index in [4.69, 9.17) is 11.6 Å². The fourth-order valence-electron chi connectivity index (χ4n) is 0.980. The Labute approximate surface area is 104 Å². The minimum Gasteiger partial charge on any atom is -0.267 e. The maximum Gasteiger partial charge on any atom is 0.271 e. The Balaban J connectivity index is 2.13. The Kier molecular flexibility index (Phi) is 3.66. The molecule has 1 N–H and O–H groups in total. The van der Waals surface area contributed by atoms with Gasteiger partial charge in [0.25, 0.3) is 5.91 Å². The molecule has 7 heteroatoms. The lowest BCUT2D eigenvalue weighted by molar-refractivity contribution is 0.0953. The fraction of sp³-hybridized carbons (Fsp3) is 0. The summed E-state index contributed by atoms with van der Waals surface area (Å²) in [5, 5.41) is 4.19. The van der Waals surface area contributed by atoms with E-state index < -0.39 is 0 Å². The molecule has 0 aliphatic heterocycles. The van der Waals surface area contributed by atoms with Crippen LogP contribution in [0.15, 0.2) is 35.4 Å². The molecule has 0 saturated carbocycles. The molecule has 1 aromatic heterocycles. The number of rotatable bonds is 2. The number of hydrogen-bond donors (Lipinski definition) is 1. The number of carbonyl (C=O) groups is 1. The predicted octanol–water partition coefficient (Wildman–Crippen LogP) is 2.10. The van der Waals surface area contributed by atoms with Gasteiger partial charge < -0.3 is 0 Å². The van der Waals surface area contributed by atoms with Gasteiger partial charge in [0.15, 0.2) is 9.82 Å². The highest BCUT2D eigenvalue weighted by atomic mass is 35.5. The normalized spacial score (nSPS) is 11.4. The average Bonchev–Trinajstić information content (AvgIpc) is 2.73. The molecule has 4 nitrogen and oxygen atoms in total. The van der Waals surface area contributed by atoms with Crippen molar-refractivity contribution in [3.63, 3.8) is 0 Å². The monoisotopic (exact) mass is 271 g/mol. The molecule has 0 spiro atoms. The van der Waals surface area contributed by atoms with Crippen molar-refractivity contribution in [3.05, 3.63) is 45.7 Å². The molecule has 0 aliphatic rings. The standard InChI is InChI=1S/C9H6ClN3OS2/c10-7-9(15-16-13-7)12-11-8(14)6-4-2-1-3-5-6/h1-5H,(H,11,14)/b12-9+. The van der Waals surface area contributed by atoms with Gasteiger partial charge in [-0.1, -0.05) is 29.8 Å². The minimum absolute atomic E-state index is 0.268. The van der Waals surface area contributed by atoms with Crippen molar-refractivity contribution in [2.75, 3.05) is 0 Å². The first-order chi connectivity index (χ1) is 7.77. The molecular weight excluding hydrogens is 266 g/mol. The van der Waals surface area contributed by atoms with Gasteiger partial charge in [-0.05, 0) is 22.5 Å². The van der Waals surface area contributed by atoms with Crippen molar-refractivity contribution < 1.29 is 4.79 Å². The maximum atomic E-state index is 11.6. The zero-order chi connectivity index (χ0) is 11.4. The quantitative estimate of drug-likeness (QED) is 0.672. The van der Waals surface area contributed by atoms with Crippen LogP contribution in [0.5, 0.6) is 0 Å². The highest BCUT2D eigenvalue weighted by Gasteiger charge is 2.03. The summed E-state index contributed by atoms with van der Waals surface area (Å²) in [5.41, 5.74) is 2.97. The van der Waals surface area contributed by atoms with Gasteiger partial charge in [0.1, 0.15) is 0 Å². The van der Waals surface area contributed by atoms with Crippen molar-refractivity contribution in [1.82, 2.24) is 9.80 Å². The number of nitrogens with zero attached hydrogens (tertiary/aromatic N) is 2. The Morgan fingerprint density at radius 3 is 2.75 bits per heavy atom. The van der Waals surface area contributed by atoms with E-state index >= 15 is 0 Å². The molecule has 0 unspecified atom stereocenters. The first-order valence-electron chi connectivity index (χ1n) is 4.28. The van der Waals surface area contributed by atoms with Crippen LogP contribution in [0, 0.1) is 0 Å². The van der Waals surface area contributed by atoms with E-state index in [1.807, 2.05) is 6.07 Å². The third kappa shape index (κ3) is 2.66. The number of amides is 1. The third-order valence-electron chi connectivity index (χ3n) is 1.71.